The van der Waals surface area contributed by atoms with Crippen molar-refractivity contribution in [2.75, 3.05) is 11.9 Å². The average Bonchev–Trinajstić information content (AvgIpc) is 2.66. The molecule has 0 aliphatic heterocycles. The second-order valence-corrected chi connectivity index (χ2v) is 6.56. The highest BCUT2D eigenvalue weighted by Crippen LogP contribution is 2.19. The number of nitrogens with zero attached hydrogens (tertiary/aromatic N) is 3. The number of pyridine rings is 1. The molecule has 2 aromatic rings. The number of hydrogen-bond donors (Lipinski definition) is 2. The molecule has 11 heteroatoms. The summed E-state index contributed by atoms with van der Waals surface area (Å²) in [5, 5.41) is 12.7. The number of anilines is 1. The Hall–Kier alpha value is -3.24. The van der Waals surface area contributed by atoms with Gasteiger partial charge < -0.3 is 15.4 Å². The van der Waals surface area contributed by atoms with Gasteiger partial charge in [0.15, 0.2) is 6.61 Å². The number of aryl methyl sites for hydroxylation is 1. The van der Waals surface area contributed by atoms with Crippen molar-refractivity contribution in [1.29, 1.82) is 0 Å². The first-order chi connectivity index (χ1) is 14.1. The predicted molar refractivity (Wildman–Crippen MR) is 102 cm³/mol. The number of halogens is 3. The van der Waals surface area contributed by atoms with E-state index < -0.39 is 12.8 Å². The molecule has 30 heavy (non-hydrogen) atoms. The lowest BCUT2D eigenvalue weighted by molar-refractivity contribution is -0.154. The molecule has 2 rings (SSSR count). The van der Waals surface area contributed by atoms with Gasteiger partial charge in [0.2, 0.25) is 17.7 Å². The third kappa shape index (κ3) is 7.64. The van der Waals surface area contributed by atoms with Gasteiger partial charge in [0.25, 0.3) is 0 Å². The van der Waals surface area contributed by atoms with Crippen LogP contribution in [0.2, 0.25) is 0 Å². The lowest BCUT2D eigenvalue weighted by Gasteiger charge is -2.16. The zero-order chi connectivity index (χ0) is 22.3. The standard InChI is InChI=1S/C19H22F3N5O3/c1-4-16(28)25-15-8-13(7-11(2)23-15)12(3)24-17(29)9-14-5-6-18(27-26-14)30-10-19(20,21)22/h5-8,12H,4,9-10H2,1-3H3,(H,24,29)(H,23,25,28). The Bertz CT molecular complexity index is 888. The van der Waals surface area contributed by atoms with E-state index in [4.69, 9.17) is 0 Å². The van der Waals surface area contributed by atoms with Crippen molar-refractivity contribution in [1.82, 2.24) is 20.5 Å². The fourth-order valence-electron chi connectivity index (χ4n) is 2.46. The van der Waals surface area contributed by atoms with Gasteiger partial charge in [-0.1, -0.05) is 6.92 Å². The number of hydrogen-bond acceptors (Lipinski definition) is 6. The monoisotopic (exact) mass is 425 g/mol. The quantitative estimate of drug-likeness (QED) is 0.674. The summed E-state index contributed by atoms with van der Waals surface area (Å²) in [5.74, 6) is -0.400. The van der Waals surface area contributed by atoms with Crippen molar-refractivity contribution in [3.63, 3.8) is 0 Å². The molecule has 0 saturated heterocycles. The fraction of sp³-hybridized carbons (Fsp3) is 0.421. The van der Waals surface area contributed by atoms with Crippen LogP contribution in [0, 0.1) is 6.92 Å². The summed E-state index contributed by atoms with van der Waals surface area (Å²) in [7, 11) is 0. The summed E-state index contributed by atoms with van der Waals surface area (Å²) >= 11 is 0. The van der Waals surface area contributed by atoms with Crippen LogP contribution in [0.15, 0.2) is 24.3 Å². The van der Waals surface area contributed by atoms with E-state index in [1.54, 1.807) is 32.9 Å². The Morgan fingerprint density at radius 3 is 2.50 bits per heavy atom. The SMILES string of the molecule is CCC(=O)Nc1cc(C(C)NC(=O)Cc2ccc(OCC(F)(F)F)nn2)cc(C)n1. The van der Waals surface area contributed by atoms with Gasteiger partial charge in [-0.05, 0) is 37.6 Å². The molecule has 1 unspecified atom stereocenters. The van der Waals surface area contributed by atoms with Crippen LogP contribution in [0.4, 0.5) is 19.0 Å². The summed E-state index contributed by atoms with van der Waals surface area (Å²) in [6.45, 7) is 3.81. The van der Waals surface area contributed by atoms with E-state index in [1.165, 1.54) is 12.1 Å². The lowest BCUT2D eigenvalue weighted by Crippen LogP contribution is -2.28. The van der Waals surface area contributed by atoms with Gasteiger partial charge in [-0.25, -0.2) is 4.98 Å². The van der Waals surface area contributed by atoms with E-state index in [9.17, 15) is 22.8 Å². The Kier molecular flexibility index (Phi) is 7.67. The molecular weight excluding hydrogens is 403 g/mol. The van der Waals surface area contributed by atoms with Crippen molar-refractivity contribution >= 4 is 17.6 Å². The fourth-order valence-corrected chi connectivity index (χ4v) is 2.46. The number of amides is 2. The topological polar surface area (TPSA) is 106 Å². The van der Waals surface area contributed by atoms with Gasteiger partial charge in [-0.15, -0.1) is 5.10 Å². The minimum atomic E-state index is -4.47. The van der Waals surface area contributed by atoms with Gasteiger partial charge >= 0.3 is 6.18 Å². The lowest BCUT2D eigenvalue weighted by atomic mass is 10.1. The van der Waals surface area contributed by atoms with Crippen LogP contribution in [0.25, 0.3) is 0 Å². The third-order valence-corrected chi connectivity index (χ3v) is 3.86. The van der Waals surface area contributed by atoms with Crippen LogP contribution in [0.5, 0.6) is 5.88 Å². The van der Waals surface area contributed by atoms with Crippen molar-refractivity contribution in [3.8, 4) is 5.88 Å². The molecule has 0 aromatic carbocycles. The number of nitrogens with one attached hydrogen (secondary N) is 2. The van der Waals surface area contributed by atoms with Crippen LogP contribution < -0.4 is 15.4 Å². The second-order valence-electron chi connectivity index (χ2n) is 6.56. The number of rotatable bonds is 8. The highest BCUT2D eigenvalue weighted by Gasteiger charge is 2.28. The zero-order valence-corrected chi connectivity index (χ0v) is 16.7. The Morgan fingerprint density at radius 2 is 1.90 bits per heavy atom. The molecule has 2 amide bonds. The van der Waals surface area contributed by atoms with Crippen LogP contribution in [-0.4, -0.2) is 39.8 Å². The second kappa shape index (κ2) is 9.99. The van der Waals surface area contributed by atoms with Crippen molar-refractivity contribution < 1.29 is 27.5 Å². The van der Waals surface area contributed by atoms with E-state index in [2.05, 4.69) is 30.6 Å². The number of carbonyl (C=O) groups excluding carboxylic acids is 2. The molecule has 0 saturated carbocycles. The molecule has 0 spiro atoms. The summed E-state index contributed by atoms with van der Waals surface area (Å²) in [6.07, 6.45) is -4.26. The maximum Gasteiger partial charge on any atom is 0.422 e. The molecule has 0 aliphatic rings. The number of carbonyl (C=O) groups is 2. The molecule has 8 nitrogen and oxygen atoms in total. The largest absolute Gasteiger partial charge is 0.467 e. The van der Waals surface area contributed by atoms with Crippen LogP contribution >= 0.6 is 0 Å². The van der Waals surface area contributed by atoms with E-state index in [-0.39, 0.29) is 35.9 Å². The number of ether oxygens (including phenoxy) is 1. The Balaban J connectivity index is 1.95. The minimum Gasteiger partial charge on any atom is -0.467 e. The molecular formula is C19H22F3N5O3. The van der Waals surface area contributed by atoms with Crippen molar-refractivity contribution in [2.24, 2.45) is 0 Å². The van der Waals surface area contributed by atoms with Gasteiger partial charge in [-0.2, -0.15) is 18.3 Å². The van der Waals surface area contributed by atoms with Gasteiger partial charge in [0.1, 0.15) is 5.82 Å². The first-order valence-corrected chi connectivity index (χ1v) is 9.15. The molecule has 162 valence electrons. The highest BCUT2D eigenvalue weighted by molar-refractivity contribution is 5.89. The van der Waals surface area contributed by atoms with E-state index in [1.807, 2.05) is 0 Å². The predicted octanol–water partition coefficient (Wildman–Crippen LogP) is 2.89. The summed E-state index contributed by atoms with van der Waals surface area (Å²) in [6, 6.07) is 5.69. The summed E-state index contributed by atoms with van der Waals surface area (Å²) in [5.41, 5.74) is 1.71. The van der Waals surface area contributed by atoms with Crippen molar-refractivity contribution in [2.45, 2.75) is 45.8 Å². The smallest absolute Gasteiger partial charge is 0.422 e. The van der Waals surface area contributed by atoms with Crippen LogP contribution in [-0.2, 0) is 16.0 Å². The Labute approximate surface area is 171 Å². The third-order valence-electron chi connectivity index (χ3n) is 3.86. The van der Waals surface area contributed by atoms with Gasteiger partial charge in [0, 0.05) is 18.2 Å². The molecule has 0 aliphatic carbocycles. The average molecular weight is 425 g/mol. The maximum absolute atomic E-state index is 12.3. The van der Waals surface area contributed by atoms with Gasteiger partial charge in [0.05, 0.1) is 18.2 Å². The molecule has 1 atom stereocenters. The summed E-state index contributed by atoms with van der Waals surface area (Å²) in [4.78, 5) is 28.1. The molecule has 2 aromatic heterocycles. The van der Waals surface area contributed by atoms with E-state index in [0.717, 1.165) is 5.56 Å². The maximum atomic E-state index is 12.3. The molecule has 0 fully saturated rings. The first-order valence-electron chi connectivity index (χ1n) is 9.15. The molecule has 0 radical (unpaired) electrons. The van der Waals surface area contributed by atoms with Crippen molar-refractivity contribution in [3.05, 3.63) is 41.2 Å². The molecule has 0 bridgehead atoms. The summed E-state index contributed by atoms with van der Waals surface area (Å²) < 4.78 is 40.9. The number of aromatic nitrogens is 3. The van der Waals surface area contributed by atoms with Crippen LogP contribution in [0.3, 0.4) is 0 Å². The number of alkyl halides is 3. The Morgan fingerprint density at radius 1 is 1.17 bits per heavy atom. The van der Waals surface area contributed by atoms with E-state index >= 15 is 0 Å². The normalized spacial score (nSPS) is 12.2. The van der Waals surface area contributed by atoms with E-state index in [0.29, 0.717) is 17.9 Å². The first kappa shape index (κ1) is 23.0. The minimum absolute atomic E-state index is 0.111. The molecule has 2 heterocycles. The molecule has 2 N–H and O–H groups in total. The van der Waals surface area contributed by atoms with Crippen LogP contribution in [0.1, 0.15) is 43.3 Å². The van der Waals surface area contributed by atoms with Gasteiger partial charge in [-0.3, -0.25) is 9.59 Å². The highest BCUT2D eigenvalue weighted by atomic mass is 19.4. The zero-order valence-electron chi connectivity index (χ0n) is 16.7.